The van der Waals surface area contributed by atoms with E-state index in [1.54, 1.807) is 12.1 Å². The second-order valence-electron chi connectivity index (χ2n) is 6.30. The molecule has 0 saturated carbocycles. The zero-order valence-corrected chi connectivity index (χ0v) is 16.3. The Bertz CT molecular complexity index is 789. The average Bonchev–Trinajstić information content (AvgIpc) is 2.89. The fraction of sp³-hybridized carbons (Fsp3) is 0.412. The van der Waals surface area contributed by atoms with Crippen LogP contribution in [0, 0.1) is 0 Å². The summed E-state index contributed by atoms with van der Waals surface area (Å²) in [6.45, 7) is -0.358. The first-order chi connectivity index (χ1) is 12.7. The van der Waals surface area contributed by atoms with Gasteiger partial charge in [0.2, 0.25) is 0 Å². The number of thioether (sulfide) groups is 1. The van der Waals surface area contributed by atoms with Crippen molar-refractivity contribution in [3.8, 4) is 5.75 Å². The first-order valence-electron chi connectivity index (χ1n) is 8.31. The molecule has 0 aromatic heterocycles. The number of benzene rings is 1. The van der Waals surface area contributed by atoms with E-state index in [9.17, 15) is 22.8 Å². The maximum absolute atomic E-state index is 12.6. The Kier molecular flexibility index (Phi) is 7.24. The molecule has 2 saturated heterocycles. The van der Waals surface area contributed by atoms with Crippen LogP contribution >= 0.6 is 24.2 Å². The number of para-hydroxylation sites is 1. The summed E-state index contributed by atoms with van der Waals surface area (Å²) in [5.41, 5.74) is 6.96. The number of imide groups is 1. The number of nitrogens with zero attached hydrogens (tertiary/aromatic N) is 1. The van der Waals surface area contributed by atoms with Gasteiger partial charge < -0.3 is 15.4 Å². The molecule has 0 aliphatic carbocycles. The predicted molar refractivity (Wildman–Crippen MR) is 104 cm³/mol. The van der Waals surface area contributed by atoms with E-state index in [0.717, 1.165) is 24.6 Å². The van der Waals surface area contributed by atoms with Crippen LogP contribution in [0.4, 0.5) is 23.7 Å². The first kappa shape index (κ1) is 22.4. The Balaban J connectivity index is 0.00000280. The summed E-state index contributed by atoms with van der Waals surface area (Å²) in [5.74, 6) is -0.474. The van der Waals surface area contributed by atoms with Crippen LogP contribution in [0.1, 0.15) is 18.4 Å². The van der Waals surface area contributed by atoms with Crippen LogP contribution in [0.5, 0.6) is 5.75 Å². The molecule has 2 heterocycles. The van der Waals surface area contributed by atoms with Crippen LogP contribution in [0.25, 0.3) is 6.08 Å². The van der Waals surface area contributed by atoms with Gasteiger partial charge in [0.15, 0.2) is 6.61 Å². The number of hydrogen-bond acceptors (Lipinski definition) is 6. The number of alkyl halides is 3. The molecular formula is C17H19ClF3N3O3S. The number of halogens is 4. The molecule has 6 nitrogen and oxygen atoms in total. The van der Waals surface area contributed by atoms with Gasteiger partial charge in [-0.15, -0.1) is 12.4 Å². The normalized spacial score (nSPS) is 21.5. The molecule has 0 spiro atoms. The van der Waals surface area contributed by atoms with Gasteiger partial charge >= 0.3 is 6.18 Å². The molecule has 154 valence electrons. The summed E-state index contributed by atoms with van der Waals surface area (Å²) in [5, 5.41) is 1.67. The Hall–Kier alpha value is -1.91. The van der Waals surface area contributed by atoms with Crippen molar-refractivity contribution in [3.63, 3.8) is 0 Å². The zero-order valence-electron chi connectivity index (χ0n) is 14.6. The fourth-order valence-corrected chi connectivity index (χ4v) is 3.72. The Morgan fingerprint density at radius 3 is 2.71 bits per heavy atom. The zero-order chi connectivity index (χ0) is 19.6. The van der Waals surface area contributed by atoms with Crippen LogP contribution in [-0.4, -0.2) is 43.1 Å². The molecule has 2 fully saturated rings. The van der Waals surface area contributed by atoms with E-state index >= 15 is 0 Å². The topological polar surface area (TPSA) is 84.7 Å². The van der Waals surface area contributed by atoms with Gasteiger partial charge in [0.05, 0.1) is 10.6 Å². The molecule has 2 amide bonds. The molecule has 28 heavy (non-hydrogen) atoms. The molecule has 2 aliphatic rings. The highest BCUT2D eigenvalue weighted by molar-refractivity contribution is 8.18. The minimum atomic E-state index is -4.47. The van der Waals surface area contributed by atoms with Crippen molar-refractivity contribution in [2.75, 3.05) is 24.6 Å². The molecule has 1 aromatic rings. The molecule has 2 aliphatic heterocycles. The van der Waals surface area contributed by atoms with Gasteiger partial charge in [-0.1, -0.05) is 12.1 Å². The van der Waals surface area contributed by atoms with Gasteiger partial charge in [-0.2, -0.15) is 13.2 Å². The number of amides is 2. The summed E-state index contributed by atoms with van der Waals surface area (Å²) in [4.78, 5) is 25.3. The van der Waals surface area contributed by atoms with E-state index in [1.165, 1.54) is 12.1 Å². The third-order valence-electron chi connectivity index (χ3n) is 4.12. The van der Waals surface area contributed by atoms with Gasteiger partial charge in [0.1, 0.15) is 5.75 Å². The molecule has 3 N–H and O–H groups in total. The largest absolute Gasteiger partial charge is 0.482 e. The molecule has 1 unspecified atom stereocenters. The second kappa shape index (κ2) is 9.06. The quantitative estimate of drug-likeness (QED) is 0.703. The maximum Gasteiger partial charge on any atom is 0.422 e. The van der Waals surface area contributed by atoms with Gasteiger partial charge in [0.25, 0.3) is 11.1 Å². The lowest BCUT2D eigenvalue weighted by atomic mass is 10.0. The molecule has 0 radical (unpaired) electrons. The molecular weight excluding hydrogens is 419 g/mol. The van der Waals surface area contributed by atoms with E-state index in [1.807, 2.05) is 4.90 Å². The summed E-state index contributed by atoms with van der Waals surface area (Å²) in [7, 11) is 0. The van der Waals surface area contributed by atoms with E-state index in [2.05, 4.69) is 5.32 Å². The van der Waals surface area contributed by atoms with Gasteiger partial charge in [-0.3, -0.25) is 14.9 Å². The minimum Gasteiger partial charge on any atom is -0.482 e. The predicted octanol–water partition coefficient (Wildman–Crippen LogP) is 3.30. The van der Waals surface area contributed by atoms with Crippen molar-refractivity contribution in [3.05, 3.63) is 28.7 Å². The van der Waals surface area contributed by atoms with E-state index in [0.29, 0.717) is 24.3 Å². The van der Waals surface area contributed by atoms with Gasteiger partial charge in [0, 0.05) is 24.7 Å². The minimum absolute atomic E-state index is 0. The van der Waals surface area contributed by atoms with Crippen LogP contribution in [0.3, 0.4) is 0 Å². The van der Waals surface area contributed by atoms with Crippen molar-refractivity contribution in [1.82, 2.24) is 5.32 Å². The van der Waals surface area contributed by atoms with Gasteiger partial charge in [-0.05, 0) is 36.7 Å². The van der Waals surface area contributed by atoms with Crippen molar-refractivity contribution in [2.45, 2.75) is 25.1 Å². The van der Waals surface area contributed by atoms with Crippen LogP contribution in [0.2, 0.25) is 0 Å². The number of ether oxygens (including phenoxy) is 1. The Morgan fingerprint density at radius 1 is 1.36 bits per heavy atom. The van der Waals surface area contributed by atoms with Gasteiger partial charge in [-0.25, -0.2) is 0 Å². The third-order valence-corrected chi connectivity index (χ3v) is 4.93. The monoisotopic (exact) mass is 437 g/mol. The summed E-state index contributed by atoms with van der Waals surface area (Å²) in [6, 6.07) is 4.56. The first-order valence-corrected chi connectivity index (χ1v) is 9.12. The summed E-state index contributed by atoms with van der Waals surface area (Å²) >= 11 is 0.745. The van der Waals surface area contributed by atoms with Crippen LogP contribution < -0.4 is 20.7 Å². The van der Waals surface area contributed by atoms with E-state index in [4.69, 9.17) is 10.5 Å². The second-order valence-corrected chi connectivity index (χ2v) is 7.31. The highest BCUT2D eigenvalue weighted by Gasteiger charge is 2.31. The van der Waals surface area contributed by atoms with Crippen molar-refractivity contribution in [2.24, 2.45) is 5.73 Å². The lowest BCUT2D eigenvalue weighted by Crippen LogP contribution is -2.43. The number of piperidine rings is 1. The molecule has 1 aromatic carbocycles. The van der Waals surface area contributed by atoms with Crippen molar-refractivity contribution < 1.29 is 27.5 Å². The lowest BCUT2D eigenvalue weighted by molar-refractivity contribution is -0.153. The molecule has 1 atom stereocenters. The maximum atomic E-state index is 12.6. The van der Waals surface area contributed by atoms with Crippen molar-refractivity contribution in [1.29, 1.82) is 0 Å². The summed E-state index contributed by atoms with van der Waals surface area (Å²) < 4.78 is 42.9. The van der Waals surface area contributed by atoms with Crippen LogP contribution in [0.15, 0.2) is 23.1 Å². The SMILES string of the molecule is Cl.NC1CCCN(c2c(C=C3SC(=O)NC3=O)cccc2OCC(F)(F)F)C1. The van der Waals surface area contributed by atoms with Crippen molar-refractivity contribution >= 4 is 47.1 Å². The summed E-state index contributed by atoms with van der Waals surface area (Å²) in [6.07, 6.45) is -1.37. The fourth-order valence-electron chi connectivity index (χ4n) is 3.05. The Labute approximate surface area is 170 Å². The molecule has 3 rings (SSSR count). The number of hydrogen-bond donors (Lipinski definition) is 2. The number of nitrogens with two attached hydrogens (primary N) is 1. The third kappa shape index (κ3) is 5.55. The average molecular weight is 438 g/mol. The molecule has 0 bridgehead atoms. The Morgan fingerprint density at radius 2 is 2.11 bits per heavy atom. The number of nitrogens with one attached hydrogen (secondary N) is 1. The van der Waals surface area contributed by atoms with E-state index in [-0.39, 0.29) is 29.1 Å². The highest BCUT2D eigenvalue weighted by Crippen LogP contribution is 2.38. The standard InChI is InChI=1S/C17H18F3N3O3S.ClH/c18-17(19,20)9-26-12-5-1-3-10(7-13-15(24)22-16(25)27-13)14(12)23-6-2-4-11(21)8-23;/h1,3,5,7,11H,2,4,6,8-9,21H2,(H,22,24,25);1H. The number of carbonyl (C=O) groups excluding carboxylic acids is 2. The lowest BCUT2D eigenvalue weighted by Gasteiger charge is -2.34. The number of rotatable bonds is 4. The molecule has 11 heteroatoms. The smallest absolute Gasteiger partial charge is 0.422 e. The van der Waals surface area contributed by atoms with Crippen LogP contribution in [-0.2, 0) is 4.79 Å². The number of anilines is 1. The van der Waals surface area contributed by atoms with E-state index < -0.39 is 23.9 Å². The number of carbonyl (C=O) groups is 2. The highest BCUT2D eigenvalue weighted by atomic mass is 35.5.